The maximum Gasteiger partial charge on any atom is 0.405 e. The molecule has 0 spiro atoms. The fraction of sp³-hybridized carbons (Fsp3) is 0.222. The fourth-order valence-electron chi connectivity index (χ4n) is 1.20. The minimum absolute atomic E-state index is 0.307. The highest BCUT2D eigenvalue weighted by Crippen LogP contribution is 2.32. The van der Waals surface area contributed by atoms with Crippen LogP contribution in [0.25, 0.3) is 0 Å². The molecule has 0 atom stereocenters. The van der Waals surface area contributed by atoms with E-state index >= 15 is 0 Å². The van der Waals surface area contributed by atoms with Crippen LogP contribution in [0.5, 0.6) is 0 Å². The lowest BCUT2D eigenvalue weighted by Gasteiger charge is -2.12. The summed E-state index contributed by atoms with van der Waals surface area (Å²) in [7, 11) is 0.805. The number of amides is 1. The lowest BCUT2D eigenvalue weighted by molar-refractivity contribution is -0.123. The van der Waals surface area contributed by atoms with Crippen molar-refractivity contribution < 1.29 is 26.4 Å². The molecule has 1 aromatic carbocycles. The zero-order chi connectivity index (χ0) is 15.7. The summed E-state index contributed by atoms with van der Waals surface area (Å²) in [5.41, 5.74) is -0.598. The first-order valence-electron chi connectivity index (χ1n) is 4.71. The summed E-state index contributed by atoms with van der Waals surface area (Å²) in [4.78, 5) is 11.0. The Morgan fingerprint density at radius 3 is 2.25 bits per heavy atom. The van der Waals surface area contributed by atoms with Crippen molar-refractivity contribution in [2.45, 2.75) is 11.1 Å². The Morgan fingerprint density at radius 2 is 1.80 bits per heavy atom. The van der Waals surface area contributed by atoms with Crippen molar-refractivity contribution in [3.63, 3.8) is 0 Å². The lowest BCUT2D eigenvalue weighted by atomic mass is 10.2. The maximum atomic E-state index is 12.0. The van der Waals surface area contributed by atoms with Crippen LogP contribution in [0, 0.1) is 0 Å². The van der Waals surface area contributed by atoms with Gasteiger partial charge in [-0.2, -0.15) is 13.2 Å². The van der Waals surface area contributed by atoms with Crippen LogP contribution >= 0.6 is 33.9 Å². The molecule has 0 aromatic heterocycles. The first kappa shape index (κ1) is 17.4. The highest BCUT2D eigenvalue weighted by atomic mass is 35.7. The highest BCUT2D eigenvalue weighted by Gasteiger charge is 2.30. The minimum atomic E-state index is -4.63. The predicted octanol–water partition coefficient (Wildman–Crippen LogP) is 3.21. The summed E-state index contributed by atoms with van der Waals surface area (Å²) in [6.45, 7) is -1.61. The third kappa shape index (κ3) is 4.41. The third-order valence-corrected chi connectivity index (χ3v) is 4.18. The van der Waals surface area contributed by atoms with Crippen molar-refractivity contribution in [1.29, 1.82) is 0 Å². The summed E-state index contributed by atoms with van der Waals surface area (Å²) >= 11 is 11.3. The minimum Gasteiger partial charge on any atom is -0.343 e. The van der Waals surface area contributed by atoms with E-state index in [2.05, 4.69) is 0 Å². The summed E-state index contributed by atoms with van der Waals surface area (Å²) in [6, 6.07) is 1.93. The van der Waals surface area contributed by atoms with Gasteiger partial charge in [0.2, 0.25) is 0 Å². The van der Waals surface area contributed by atoms with Gasteiger partial charge in [-0.3, -0.25) is 4.79 Å². The molecule has 1 amide bonds. The summed E-state index contributed by atoms with van der Waals surface area (Å²) in [5.74, 6) is -1.26. The van der Waals surface area contributed by atoms with Crippen LogP contribution in [0.15, 0.2) is 17.0 Å². The van der Waals surface area contributed by atoms with Crippen LogP contribution in [0.3, 0.4) is 0 Å². The van der Waals surface area contributed by atoms with Gasteiger partial charge in [0.1, 0.15) is 11.4 Å². The molecular weight excluding hydrogens is 366 g/mol. The largest absolute Gasteiger partial charge is 0.405 e. The van der Waals surface area contributed by atoms with Crippen LogP contribution in [-0.4, -0.2) is 27.0 Å². The predicted molar refractivity (Wildman–Crippen MR) is 67.9 cm³/mol. The first-order valence-corrected chi connectivity index (χ1v) is 7.77. The van der Waals surface area contributed by atoms with Crippen molar-refractivity contribution in [3.8, 4) is 0 Å². The second-order valence-electron chi connectivity index (χ2n) is 3.47. The number of hydrogen-bond acceptors (Lipinski definition) is 3. The van der Waals surface area contributed by atoms with Crippen molar-refractivity contribution in [2.24, 2.45) is 0 Å². The van der Waals surface area contributed by atoms with Crippen LogP contribution in [-0.2, 0) is 9.05 Å². The molecule has 1 rings (SSSR count). The number of alkyl halides is 3. The number of nitrogens with one attached hydrogen (secondary N) is 1. The SMILES string of the molecule is O=C(NCC(F)(F)F)c1c(Cl)ccc(S(=O)(=O)Cl)c1Cl. The zero-order valence-electron chi connectivity index (χ0n) is 9.26. The normalized spacial score (nSPS) is 12.3. The Morgan fingerprint density at radius 1 is 1.25 bits per heavy atom. The molecular formula is C9H5Cl3F3NO3S. The second-order valence-corrected chi connectivity index (χ2v) is 6.79. The smallest absolute Gasteiger partial charge is 0.343 e. The van der Waals surface area contributed by atoms with E-state index in [1.165, 1.54) is 5.32 Å². The van der Waals surface area contributed by atoms with Gasteiger partial charge in [-0.15, -0.1) is 0 Å². The molecule has 112 valence electrons. The van der Waals surface area contributed by atoms with Gasteiger partial charge in [0.25, 0.3) is 15.0 Å². The van der Waals surface area contributed by atoms with E-state index < -0.39 is 43.2 Å². The molecule has 0 fully saturated rings. The van der Waals surface area contributed by atoms with Gasteiger partial charge in [-0.25, -0.2) is 8.42 Å². The number of halogens is 6. The van der Waals surface area contributed by atoms with Crippen molar-refractivity contribution >= 4 is 48.8 Å². The Labute approximate surface area is 126 Å². The van der Waals surface area contributed by atoms with E-state index in [0.717, 1.165) is 12.1 Å². The standard InChI is InChI=1S/C9H5Cl3F3NO3S/c10-4-1-2-5(20(12,18)19)7(11)6(4)8(17)16-3-9(13,14)15/h1-2H,3H2,(H,16,17). The fourth-order valence-corrected chi connectivity index (χ4v) is 3.10. The van der Waals surface area contributed by atoms with E-state index in [4.69, 9.17) is 33.9 Å². The average Bonchev–Trinajstić information content (AvgIpc) is 2.23. The first-order chi connectivity index (χ1) is 8.93. The molecule has 0 heterocycles. The highest BCUT2D eigenvalue weighted by molar-refractivity contribution is 8.13. The van der Waals surface area contributed by atoms with Gasteiger partial charge in [0.15, 0.2) is 0 Å². The molecule has 4 nitrogen and oxygen atoms in total. The van der Waals surface area contributed by atoms with E-state index in [1.54, 1.807) is 0 Å². The molecule has 0 bridgehead atoms. The van der Waals surface area contributed by atoms with Gasteiger partial charge in [-0.1, -0.05) is 23.2 Å². The molecule has 0 aliphatic heterocycles. The Kier molecular flexibility index (Phi) is 5.18. The summed E-state index contributed by atoms with van der Waals surface area (Å²) in [5, 5.41) is 0.576. The zero-order valence-corrected chi connectivity index (χ0v) is 12.3. The second kappa shape index (κ2) is 5.97. The van der Waals surface area contributed by atoms with Crippen LogP contribution in [0.1, 0.15) is 10.4 Å². The molecule has 0 saturated carbocycles. The maximum absolute atomic E-state index is 12.0. The molecule has 20 heavy (non-hydrogen) atoms. The van der Waals surface area contributed by atoms with Gasteiger partial charge >= 0.3 is 6.18 Å². The molecule has 11 heteroatoms. The van der Waals surface area contributed by atoms with Crippen molar-refractivity contribution in [3.05, 3.63) is 27.7 Å². The third-order valence-electron chi connectivity index (χ3n) is 1.99. The Balaban J connectivity index is 3.22. The van der Waals surface area contributed by atoms with Crippen LogP contribution in [0.2, 0.25) is 10.0 Å². The van der Waals surface area contributed by atoms with E-state index in [1.807, 2.05) is 0 Å². The number of benzene rings is 1. The monoisotopic (exact) mass is 369 g/mol. The molecule has 0 aliphatic carbocycles. The van der Waals surface area contributed by atoms with E-state index in [9.17, 15) is 26.4 Å². The number of carbonyl (C=O) groups excluding carboxylic acids is 1. The van der Waals surface area contributed by atoms with Gasteiger partial charge in [0.05, 0.1) is 15.6 Å². The van der Waals surface area contributed by atoms with Gasteiger partial charge < -0.3 is 5.32 Å². The van der Waals surface area contributed by atoms with Gasteiger partial charge in [-0.05, 0) is 12.1 Å². The molecule has 0 unspecified atom stereocenters. The topological polar surface area (TPSA) is 63.2 Å². The van der Waals surface area contributed by atoms with Crippen molar-refractivity contribution in [1.82, 2.24) is 5.32 Å². The lowest BCUT2D eigenvalue weighted by Crippen LogP contribution is -2.34. The number of rotatable bonds is 3. The number of hydrogen-bond donors (Lipinski definition) is 1. The molecule has 1 aromatic rings. The molecule has 1 N–H and O–H groups in total. The average molecular weight is 371 g/mol. The Hall–Kier alpha value is -0.700. The molecule has 0 aliphatic rings. The van der Waals surface area contributed by atoms with E-state index in [-0.39, 0.29) is 5.02 Å². The summed E-state index contributed by atoms with van der Waals surface area (Å²) in [6.07, 6.45) is -4.63. The Bertz CT molecular complexity index is 646. The van der Waals surface area contributed by atoms with Crippen LogP contribution in [0.4, 0.5) is 13.2 Å². The quantitative estimate of drug-likeness (QED) is 0.831. The summed E-state index contributed by atoms with van der Waals surface area (Å²) < 4.78 is 58.4. The van der Waals surface area contributed by atoms with Crippen LogP contribution < -0.4 is 5.32 Å². The van der Waals surface area contributed by atoms with Gasteiger partial charge in [0, 0.05) is 10.7 Å². The number of carbonyl (C=O) groups is 1. The van der Waals surface area contributed by atoms with Crippen molar-refractivity contribution in [2.75, 3.05) is 6.54 Å². The van der Waals surface area contributed by atoms with E-state index in [0.29, 0.717) is 0 Å². The molecule has 0 saturated heterocycles. The molecule has 0 radical (unpaired) electrons.